The zero-order valence-electron chi connectivity index (χ0n) is 7.67. The molecule has 3 N–H and O–H groups in total. The monoisotopic (exact) mass is 200 g/mol. The highest BCUT2D eigenvalue weighted by Crippen LogP contribution is 2.17. The molecule has 0 aliphatic carbocycles. The lowest BCUT2D eigenvalue weighted by Gasteiger charge is -2.14. The van der Waals surface area contributed by atoms with Gasteiger partial charge in [0.15, 0.2) is 0 Å². The van der Waals surface area contributed by atoms with E-state index in [1.54, 1.807) is 0 Å². The molecule has 1 heterocycles. The Bertz CT molecular complexity index is 286. The minimum atomic E-state index is -1.18. The van der Waals surface area contributed by atoms with E-state index < -0.39 is 18.2 Å². The standard InChI is InChI=1S/C8H12N2O4/c1-14-7(12)2-6(11)8(13)5-3-9-10-4-5/h3-4,6,8,11,13H,2H2,1H3,(H,9,10). The fourth-order valence-electron chi connectivity index (χ4n) is 1.01. The predicted molar refractivity (Wildman–Crippen MR) is 46.2 cm³/mol. The molecule has 6 nitrogen and oxygen atoms in total. The minimum Gasteiger partial charge on any atom is -0.469 e. The van der Waals surface area contributed by atoms with E-state index in [0.29, 0.717) is 5.56 Å². The molecule has 0 bridgehead atoms. The highest BCUT2D eigenvalue weighted by Gasteiger charge is 2.22. The molecule has 0 spiro atoms. The average Bonchev–Trinajstić information content (AvgIpc) is 2.69. The van der Waals surface area contributed by atoms with Crippen molar-refractivity contribution in [1.29, 1.82) is 0 Å². The SMILES string of the molecule is COC(=O)CC(O)C(O)c1cn[nH]c1. The predicted octanol–water partition coefficient (Wildman–Crippen LogP) is -0.633. The van der Waals surface area contributed by atoms with Crippen LogP contribution in [0, 0.1) is 0 Å². The Morgan fingerprint density at radius 2 is 2.43 bits per heavy atom. The lowest BCUT2D eigenvalue weighted by molar-refractivity contribution is -0.144. The van der Waals surface area contributed by atoms with E-state index in [4.69, 9.17) is 0 Å². The minimum absolute atomic E-state index is 0.247. The third-order valence-electron chi connectivity index (χ3n) is 1.83. The Labute approximate surface area is 80.5 Å². The highest BCUT2D eigenvalue weighted by molar-refractivity contribution is 5.69. The first-order chi connectivity index (χ1) is 6.65. The van der Waals surface area contributed by atoms with Gasteiger partial charge in [-0.05, 0) is 0 Å². The summed E-state index contributed by atoms with van der Waals surface area (Å²) < 4.78 is 4.35. The number of methoxy groups -OCH3 is 1. The summed E-state index contributed by atoms with van der Waals surface area (Å²) in [6.45, 7) is 0. The lowest BCUT2D eigenvalue weighted by Crippen LogP contribution is -2.22. The van der Waals surface area contributed by atoms with Crippen LogP contribution in [-0.4, -0.2) is 39.6 Å². The molecule has 0 amide bonds. The van der Waals surface area contributed by atoms with Gasteiger partial charge in [-0.25, -0.2) is 0 Å². The molecule has 0 saturated carbocycles. The van der Waals surface area contributed by atoms with Gasteiger partial charge in [-0.15, -0.1) is 0 Å². The Kier molecular flexibility index (Phi) is 3.61. The maximum absolute atomic E-state index is 10.8. The molecule has 6 heteroatoms. The number of nitrogens with zero attached hydrogens (tertiary/aromatic N) is 1. The maximum atomic E-state index is 10.8. The zero-order valence-corrected chi connectivity index (χ0v) is 7.67. The lowest BCUT2D eigenvalue weighted by atomic mass is 10.1. The van der Waals surface area contributed by atoms with Gasteiger partial charge < -0.3 is 14.9 Å². The van der Waals surface area contributed by atoms with Crippen LogP contribution in [-0.2, 0) is 9.53 Å². The highest BCUT2D eigenvalue weighted by atomic mass is 16.5. The van der Waals surface area contributed by atoms with Crippen molar-refractivity contribution in [3.8, 4) is 0 Å². The van der Waals surface area contributed by atoms with Crippen molar-refractivity contribution in [3.63, 3.8) is 0 Å². The van der Waals surface area contributed by atoms with Crippen molar-refractivity contribution >= 4 is 5.97 Å². The van der Waals surface area contributed by atoms with Gasteiger partial charge in [0.1, 0.15) is 6.10 Å². The molecule has 1 aromatic rings. The van der Waals surface area contributed by atoms with Crippen LogP contribution in [0.4, 0.5) is 0 Å². The molecular formula is C8H12N2O4. The van der Waals surface area contributed by atoms with Crippen LogP contribution in [0.5, 0.6) is 0 Å². The number of hydrogen-bond acceptors (Lipinski definition) is 5. The van der Waals surface area contributed by atoms with E-state index in [9.17, 15) is 15.0 Å². The molecule has 2 atom stereocenters. The summed E-state index contributed by atoms with van der Waals surface area (Å²) >= 11 is 0. The second-order valence-electron chi connectivity index (χ2n) is 2.82. The van der Waals surface area contributed by atoms with E-state index in [0.717, 1.165) is 0 Å². The van der Waals surface area contributed by atoms with Gasteiger partial charge in [0.2, 0.25) is 0 Å². The van der Waals surface area contributed by atoms with Gasteiger partial charge in [0.25, 0.3) is 0 Å². The van der Waals surface area contributed by atoms with Crippen LogP contribution < -0.4 is 0 Å². The number of aromatic nitrogens is 2. The van der Waals surface area contributed by atoms with Gasteiger partial charge in [0.05, 0.1) is 25.8 Å². The first kappa shape index (κ1) is 10.7. The number of aromatic amines is 1. The summed E-state index contributed by atoms with van der Waals surface area (Å²) in [6.07, 6.45) is 0.270. The van der Waals surface area contributed by atoms with Crippen LogP contribution >= 0.6 is 0 Å². The summed E-state index contributed by atoms with van der Waals surface area (Å²) in [5, 5.41) is 25.0. The molecule has 0 aliphatic rings. The third kappa shape index (κ3) is 2.54. The fourth-order valence-corrected chi connectivity index (χ4v) is 1.01. The fraction of sp³-hybridized carbons (Fsp3) is 0.500. The molecule has 0 aromatic carbocycles. The van der Waals surface area contributed by atoms with Gasteiger partial charge in [-0.1, -0.05) is 0 Å². The van der Waals surface area contributed by atoms with Crippen molar-refractivity contribution in [2.75, 3.05) is 7.11 Å². The van der Waals surface area contributed by atoms with Gasteiger partial charge >= 0.3 is 5.97 Å². The quantitative estimate of drug-likeness (QED) is 0.562. The van der Waals surface area contributed by atoms with E-state index in [2.05, 4.69) is 14.9 Å². The summed E-state index contributed by atoms with van der Waals surface area (Å²) in [5.74, 6) is -0.569. The van der Waals surface area contributed by atoms with Crippen molar-refractivity contribution in [3.05, 3.63) is 18.0 Å². The van der Waals surface area contributed by atoms with Crippen LogP contribution in [0.2, 0.25) is 0 Å². The van der Waals surface area contributed by atoms with E-state index in [1.807, 2.05) is 0 Å². The number of hydrogen-bond donors (Lipinski definition) is 3. The topological polar surface area (TPSA) is 95.4 Å². The van der Waals surface area contributed by atoms with Gasteiger partial charge in [0, 0.05) is 11.8 Å². The largest absolute Gasteiger partial charge is 0.469 e. The molecule has 1 rings (SSSR count). The van der Waals surface area contributed by atoms with E-state index in [1.165, 1.54) is 19.5 Å². The molecule has 78 valence electrons. The van der Waals surface area contributed by atoms with Crippen molar-refractivity contribution < 1.29 is 19.7 Å². The molecule has 0 radical (unpaired) electrons. The van der Waals surface area contributed by atoms with Crippen molar-refractivity contribution in [2.45, 2.75) is 18.6 Å². The molecule has 14 heavy (non-hydrogen) atoms. The number of carbonyl (C=O) groups is 1. The second-order valence-corrected chi connectivity index (χ2v) is 2.82. The molecule has 2 unspecified atom stereocenters. The molecule has 0 aliphatic heterocycles. The smallest absolute Gasteiger partial charge is 0.308 e. The van der Waals surface area contributed by atoms with E-state index in [-0.39, 0.29) is 6.42 Å². The number of ether oxygens (including phenoxy) is 1. The summed E-state index contributed by atoms with van der Waals surface area (Å²) in [7, 11) is 1.22. The normalized spacial score (nSPS) is 14.8. The van der Waals surface area contributed by atoms with E-state index >= 15 is 0 Å². The number of aliphatic hydroxyl groups is 2. The first-order valence-corrected chi connectivity index (χ1v) is 4.06. The van der Waals surface area contributed by atoms with Crippen LogP contribution in [0.3, 0.4) is 0 Å². The summed E-state index contributed by atoms with van der Waals surface area (Å²) in [6, 6.07) is 0. The molecule has 1 aromatic heterocycles. The molecule has 0 saturated heterocycles. The Balaban J connectivity index is 2.53. The number of esters is 1. The first-order valence-electron chi connectivity index (χ1n) is 4.06. The number of nitrogens with one attached hydrogen (secondary N) is 1. The van der Waals surface area contributed by atoms with Gasteiger partial charge in [-0.2, -0.15) is 5.10 Å². The van der Waals surface area contributed by atoms with Crippen molar-refractivity contribution in [2.24, 2.45) is 0 Å². The van der Waals surface area contributed by atoms with Crippen LogP contribution in [0.25, 0.3) is 0 Å². The van der Waals surface area contributed by atoms with Gasteiger partial charge in [-0.3, -0.25) is 9.89 Å². The summed E-state index contributed by atoms with van der Waals surface area (Å²) in [5.41, 5.74) is 0.432. The third-order valence-corrected chi connectivity index (χ3v) is 1.83. The second kappa shape index (κ2) is 4.73. The average molecular weight is 200 g/mol. The number of carbonyl (C=O) groups excluding carboxylic acids is 1. The van der Waals surface area contributed by atoms with Crippen molar-refractivity contribution in [1.82, 2.24) is 10.2 Å². The molecule has 0 fully saturated rings. The number of H-pyrrole nitrogens is 1. The Morgan fingerprint density at radius 3 is 2.93 bits per heavy atom. The zero-order chi connectivity index (χ0) is 10.6. The Hall–Kier alpha value is -1.40. The Morgan fingerprint density at radius 1 is 1.71 bits per heavy atom. The number of aliphatic hydroxyl groups excluding tert-OH is 2. The maximum Gasteiger partial charge on any atom is 0.308 e. The number of rotatable bonds is 4. The molecular weight excluding hydrogens is 188 g/mol. The van der Waals surface area contributed by atoms with Crippen LogP contribution in [0.1, 0.15) is 18.1 Å². The summed E-state index contributed by atoms with van der Waals surface area (Å²) in [4.78, 5) is 10.8. The van der Waals surface area contributed by atoms with Crippen LogP contribution in [0.15, 0.2) is 12.4 Å².